The number of hydrogen-bond donors (Lipinski definition) is 0. The molecule has 0 radical (unpaired) electrons. The first-order chi connectivity index (χ1) is 25.5. The van der Waals surface area contributed by atoms with Crippen molar-refractivity contribution in [2.24, 2.45) is 11.8 Å². The van der Waals surface area contributed by atoms with Crippen LogP contribution in [0.15, 0.2) is 128 Å². The summed E-state index contributed by atoms with van der Waals surface area (Å²) in [7, 11) is 3.40. The van der Waals surface area contributed by atoms with Crippen molar-refractivity contribution in [3.63, 3.8) is 0 Å². The van der Waals surface area contributed by atoms with Crippen molar-refractivity contribution >= 4 is 22.5 Å². The van der Waals surface area contributed by atoms with Crippen LogP contribution < -0.4 is 31.2 Å². The third-order valence-corrected chi connectivity index (χ3v) is 11.4. The Kier molecular flexibility index (Phi) is 10.8. The zero-order valence-electron chi connectivity index (χ0n) is 29.9. The van der Waals surface area contributed by atoms with E-state index in [9.17, 15) is 0 Å². The summed E-state index contributed by atoms with van der Waals surface area (Å²) < 4.78 is 19.8. The van der Waals surface area contributed by atoms with Crippen LogP contribution >= 0.6 is 11.6 Å². The van der Waals surface area contributed by atoms with Gasteiger partial charge in [-0.05, 0) is 35.7 Å². The number of rotatable bonds is 11. The number of hydrogen-bond acceptors (Lipinski definition) is 6. The standard InChI is InChI=1S/C44H42ClN4O3.BrH/c1-4-30-28-49(27-29-23-34(50-2)26-35(24-29)51-3)22-20-33(30)25-39(49)41(37-19-21-46-38-18-12-11-17-36(37)38)52-44-40(31-13-7-5-8-14-31)42(45)47-43(48-44)32-15-9-6-10-16-32;/h4-19,21,23-24,26,30,33,39,41H,1,20,22,25,27-28H2,2-3H3;1H/q+1;/p-1/t30-,33-,39+,41-,49+;/m0./s1. The third kappa shape index (κ3) is 7.16. The van der Waals surface area contributed by atoms with Crippen LogP contribution in [0, 0.1) is 11.8 Å². The second-order valence-corrected chi connectivity index (χ2v) is 14.3. The Hall–Kier alpha value is -4.76. The highest BCUT2D eigenvalue weighted by atomic mass is 79.9. The maximum atomic E-state index is 7.50. The summed E-state index contributed by atoms with van der Waals surface area (Å²) >= 11 is 7.14. The predicted molar refractivity (Wildman–Crippen MR) is 206 cm³/mol. The number of pyridine rings is 1. The van der Waals surface area contributed by atoms with E-state index in [2.05, 4.69) is 49.1 Å². The van der Waals surface area contributed by atoms with Gasteiger partial charge in [0, 0.05) is 53.1 Å². The van der Waals surface area contributed by atoms with Crippen LogP contribution in [0.3, 0.4) is 0 Å². The molecule has 9 rings (SSSR count). The number of nitrogens with zero attached hydrogens (tertiary/aromatic N) is 4. The molecule has 7 nitrogen and oxygen atoms in total. The lowest BCUT2D eigenvalue weighted by Crippen LogP contribution is -3.00. The zero-order valence-corrected chi connectivity index (χ0v) is 32.2. The van der Waals surface area contributed by atoms with Crippen LogP contribution in [0.5, 0.6) is 17.4 Å². The normalized spacial score (nSPS) is 21.0. The SMILES string of the molecule is C=C[C@H]1C[N@+]2(Cc3cc(OC)cc(OC)c3)CC[C@H]1C[C@@H]2[C@@H](Oc1nc(-c2ccccc2)nc(Cl)c1-c1ccccc1)c1ccnc2ccccc12.[Br-]. The molecule has 3 fully saturated rings. The molecule has 0 saturated carbocycles. The number of quaternary nitrogens is 1. The molecule has 0 N–H and O–H groups in total. The van der Waals surface area contributed by atoms with E-state index in [1.54, 1.807) is 14.2 Å². The molecule has 3 saturated heterocycles. The first kappa shape index (κ1) is 36.6. The van der Waals surface area contributed by atoms with Crippen molar-refractivity contribution < 1.29 is 35.7 Å². The number of para-hydroxylation sites is 1. The number of methoxy groups -OCH3 is 2. The molecule has 5 heterocycles. The van der Waals surface area contributed by atoms with Gasteiger partial charge >= 0.3 is 0 Å². The molecule has 0 aliphatic carbocycles. The highest BCUT2D eigenvalue weighted by Gasteiger charge is 2.55. The van der Waals surface area contributed by atoms with Crippen molar-refractivity contribution in [1.29, 1.82) is 0 Å². The van der Waals surface area contributed by atoms with Crippen molar-refractivity contribution in [3.8, 4) is 39.9 Å². The molecule has 9 heteroatoms. The summed E-state index contributed by atoms with van der Waals surface area (Å²) in [5, 5.41) is 1.40. The number of aromatic nitrogens is 3. The summed E-state index contributed by atoms with van der Waals surface area (Å²) in [4.78, 5) is 14.7. The molecule has 4 aromatic carbocycles. The minimum absolute atomic E-state index is 0. The van der Waals surface area contributed by atoms with Gasteiger partial charge < -0.3 is 35.7 Å². The Morgan fingerprint density at radius 3 is 2.25 bits per heavy atom. The minimum atomic E-state index is -0.397. The number of fused-ring (bicyclic) bond motifs is 4. The van der Waals surface area contributed by atoms with Crippen LogP contribution in [0.4, 0.5) is 0 Å². The van der Waals surface area contributed by atoms with Gasteiger partial charge in [0.05, 0.1) is 38.4 Å². The number of benzene rings is 4. The van der Waals surface area contributed by atoms with Gasteiger partial charge in [-0.3, -0.25) is 4.98 Å². The van der Waals surface area contributed by atoms with Crippen LogP contribution in [0.2, 0.25) is 5.15 Å². The van der Waals surface area contributed by atoms with Gasteiger partial charge in [-0.15, -0.1) is 6.58 Å². The fourth-order valence-electron chi connectivity index (χ4n) is 8.58. The van der Waals surface area contributed by atoms with E-state index >= 15 is 0 Å². The summed E-state index contributed by atoms with van der Waals surface area (Å²) in [5.74, 6) is 3.42. The Balaban J connectivity index is 0.00000435. The molecule has 0 unspecified atom stereocenters. The van der Waals surface area contributed by atoms with Gasteiger partial charge in [0.2, 0.25) is 5.88 Å². The Labute approximate surface area is 326 Å². The van der Waals surface area contributed by atoms with Crippen LogP contribution in [-0.4, -0.2) is 52.8 Å². The maximum absolute atomic E-state index is 7.50. The quantitative estimate of drug-likeness (QED) is 0.0822. The molecule has 3 aliphatic rings. The molecule has 0 spiro atoms. The molecule has 0 amide bonds. The van der Waals surface area contributed by atoms with Gasteiger partial charge in [0.15, 0.2) is 11.9 Å². The average molecular weight is 790 g/mol. The first-order valence-electron chi connectivity index (χ1n) is 17.9. The zero-order chi connectivity index (χ0) is 35.7. The van der Waals surface area contributed by atoms with Crippen molar-refractivity contribution in [2.75, 3.05) is 27.3 Å². The number of halogens is 2. The molecular formula is C44H42BrClN4O3. The van der Waals surface area contributed by atoms with E-state index in [0.29, 0.717) is 34.3 Å². The van der Waals surface area contributed by atoms with Crippen molar-refractivity contribution in [3.05, 3.63) is 144 Å². The lowest BCUT2D eigenvalue weighted by molar-refractivity contribution is -0.984. The smallest absolute Gasteiger partial charge is 0.227 e. The summed E-state index contributed by atoms with van der Waals surface area (Å²) in [6.45, 7) is 7.04. The van der Waals surface area contributed by atoms with Gasteiger partial charge in [-0.1, -0.05) is 96.5 Å². The molecule has 6 aromatic rings. The highest BCUT2D eigenvalue weighted by Crippen LogP contribution is 2.50. The third-order valence-electron chi connectivity index (χ3n) is 11.1. The molecule has 5 atom stereocenters. The average Bonchev–Trinajstić information content (AvgIpc) is 3.20. The van der Waals surface area contributed by atoms with Crippen molar-refractivity contribution in [1.82, 2.24) is 15.0 Å². The van der Waals surface area contributed by atoms with E-state index in [1.807, 2.05) is 79.0 Å². The highest BCUT2D eigenvalue weighted by molar-refractivity contribution is 6.32. The summed E-state index contributed by atoms with van der Waals surface area (Å²) in [6.07, 6.45) is 5.75. The fourth-order valence-corrected chi connectivity index (χ4v) is 8.85. The van der Waals surface area contributed by atoms with E-state index in [1.165, 1.54) is 0 Å². The van der Waals surface area contributed by atoms with Crippen LogP contribution in [0.1, 0.15) is 30.1 Å². The molecular weight excluding hydrogens is 748 g/mol. The number of piperidine rings is 3. The summed E-state index contributed by atoms with van der Waals surface area (Å²) in [6, 6.07) is 36.7. The Morgan fingerprint density at radius 1 is 0.868 bits per heavy atom. The van der Waals surface area contributed by atoms with Crippen LogP contribution in [-0.2, 0) is 6.54 Å². The van der Waals surface area contributed by atoms with E-state index in [0.717, 1.165) is 81.6 Å². The second-order valence-electron chi connectivity index (χ2n) is 14.0. The Bertz CT molecular complexity index is 2200. The molecule has 3 aliphatic heterocycles. The summed E-state index contributed by atoms with van der Waals surface area (Å²) in [5.41, 5.74) is 5.59. The molecule has 53 heavy (non-hydrogen) atoms. The van der Waals surface area contributed by atoms with Gasteiger partial charge in [0.25, 0.3) is 0 Å². The van der Waals surface area contributed by atoms with Gasteiger partial charge in [-0.25, -0.2) is 4.98 Å². The fraction of sp³-hybridized carbons (Fsp3) is 0.250. The monoisotopic (exact) mass is 788 g/mol. The Morgan fingerprint density at radius 2 is 1.55 bits per heavy atom. The lowest BCUT2D eigenvalue weighted by Gasteiger charge is -2.58. The maximum Gasteiger partial charge on any atom is 0.227 e. The van der Waals surface area contributed by atoms with Gasteiger partial charge in [-0.2, -0.15) is 4.98 Å². The topological polar surface area (TPSA) is 66.4 Å². The molecule has 2 aromatic heterocycles. The molecule has 270 valence electrons. The molecule has 2 bridgehead atoms. The van der Waals surface area contributed by atoms with E-state index in [4.69, 9.17) is 40.8 Å². The van der Waals surface area contributed by atoms with E-state index in [-0.39, 0.29) is 23.0 Å². The van der Waals surface area contributed by atoms with Crippen LogP contribution in [0.25, 0.3) is 33.4 Å². The predicted octanol–water partition coefficient (Wildman–Crippen LogP) is 6.76. The first-order valence-corrected chi connectivity index (χ1v) is 18.3. The minimum Gasteiger partial charge on any atom is -1.00 e. The second kappa shape index (κ2) is 15.7. The lowest BCUT2D eigenvalue weighted by atomic mass is 9.71. The van der Waals surface area contributed by atoms with Crippen molar-refractivity contribution in [2.45, 2.75) is 31.5 Å². The number of ether oxygens (including phenoxy) is 3. The van der Waals surface area contributed by atoms with Gasteiger partial charge in [0.1, 0.15) is 29.2 Å². The largest absolute Gasteiger partial charge is 1.00 e. The van der Waals surface area contributed by atoms with E-state index < -0.39 is 6.10 Å².